The highest BCUT2D eigenvalue weighted by atomic mass is 32.2. The molecule has 0 radical (unpaired) electrons. The lowest BCUT2D eigenvalue weighted by Crippen LogP contribution is -2.49. The van der Waals surface area contributed by atoms with Crippen LogP contribution >= 0.6 is 0 Å². The SMILES string of the molecule is COc1ccc(S(=O)(=O)NC[C@H](c2ccco2)N2CCN(c3ccc(F)cc3)CC2)cc1OC. The van der Waals surface area contributed by atoms with E-state index in [0.29, 0.717) is 30.3 Å². The number of nitrogens with zero attached hydrogens (tertiary/aromatic N) is 2. The average molecular weight is 490 g/mol. The summed E-state index contributed by atoms with van der Waals surface area (Å²) in [6.45, 7) is 2.99. The summed E-state index contributed by atoms with van der Waals surface area (Å²) in [4.78, 5) is 4.46. The van der Waals surface area contributed by atoms with Crippen LogP contribution in [-0.4, -0.2) is 60.3 Å². The molecule has 3 aromatic rings. The zero-order chi connectivity index (χ0) is 24.1. The van der Waals surface area contributed by atoms with E-state index in [9.17, 15) is 12.8 Å². The van der Waals surface area contributed by atoms with Crippen molar-refractivity contribution >= 4 is 15.7 Å². The van der Waals surface area contributed by atoms with E-state index in [1.54, 1.807) is 30.5 Å². The number of piperazine rings is 1. The Hall–Kier alpha value is -3.08. The molecule has 1 aliphatic heterocycles. The molecule has 1 saturated heterocycles. The fourth-order valence-electron chi connectivity index (χ4n) is 4.09. The number of furan rings is 1. The van der Waals surface area contributed by atoms with Crippen LogP contribution in [0.15, 0.2) is 70.2 Å². The normalized spacial score (nSPS) is 15.8. The first-order chi connectivity index (χ1) is 16.4. The highest BCUT2D eigenvalue weighted by Gasteiger charge is 2.29. The molecule has 0 spiro atoms. The molecule has 10 heteroatoms. The molecule has 0 amide bonds. The number of hydrogen-bond donors (Lipinski definition) is 1. The molecule has 1 aliphatic rings. The van der Waals surface area contributed by atoms with Crippen molar-refractivity contribution in [3.05, 3.63) is 72.4 Å². The van der Waals surface area contributed by atoms with Crippen molar-refractivity contribution in [1.29, 1.82) is 0 Å². The maximum absolute atomic E-state index is 13.3. The van der Waals surface area contributed by atoms with Gasteiger partial charge in [0, 0.05) is 44.5 Å². The van der Waals surface area contributed by atoms with Gasteiger partial charge in [-0.05, 0) is 48.5 Å². The maximum Gasteiger partial charge on any atom is 0.240 e. The first-order valence-electron chi connectivity index (χ1n) is 10.9. The first-order valence-corrected chi connectivity index (χ1v) is 12.4. The van der Waals surface area contributed by atoms with E-state index in [-0.39, 0.29) is 23.3 Å². The lowest BCUT2D eigenvalue weighted by Gasteiger charge is -2.39. The van der Waals surface area contributed by atoms with Gasteiger partial charge in [0.15, 0.2) is 11.5 Å². The Bertz CT molecular complexity index is 1180. The molecule has 8 nitrogen and oxygen atoms in total. The lowest BCUT2D eigenvalue weighted by atomic mass is 10.1. The molecular formula is C24H28FN3O5S. The van der Waals surface area contributed by atoms with Crippen molar-refractivity contribution in [1.82, 2.24) is 9.62 Å². The van der Waals surface area contributed by atoms with E-state index >= 15 is 0 Å². The summed E-state index contributed by atoms with van der Waals surface area (Å²) in [5.41, 5.74) is 0.963. The van der Waals surface area contributed by atoms with E-state index in [1.807, 2.05) is 6.07 Å². The zero-order valence-corrected chi connectivity index (χ0v) is 19.9. The van der Waals surface area contributed by atoms with Gasteiger partial charge in [0.25, 0.3) is 0 Å². The van der Waals surface area contributed by atoms with Crippen molar-refractivity contribution in [2.24, 2.45) is 0 Å². The van der Waals surface area contributed by atoms with Crippen LogP contribution in [0.5, 0.6) is 11.5 Å². The molecule has 34 heavy (non-hydrogen) atoms. The van der Waals surface area contributed by atoms with Crippen molar-refractivity contribution < 1.29 is 26.7 Å². The van der Waals surface area contributed by atoms with Crippen molar-refractivity contribution in [3.63, 3.8) is 0 Å². The van der Waals surface area contributed by atoms with Crippen LogP contribution in [-0.2, 0) is 10.0 Å². The second-order valence-electron chi connectivity index (χ2n) is 7.90. The van der Waals surface area contributed by atoms with Crippen molar-refractivity contribution in [3.8, 4) is 11.5 Å². The van der Waals surface area contributed by atoms with E-state index < -0.39 is 10.0 Å². The van der Waals surface area contributed by atoms with Gasteiger partial charge in [-0.15, -0.1) is 0 Å². The average Bonchev–Trinajstić information content (AvgIpc) is 3.39. The second-order valence-corrected chi connectivity index (χ2v) is 9.67. The fraction of sp³-hybridized carbons (Fsp3) is 0.333. The monoisotopic (exact) mass is 489 g/mol. The molecule has 0 bridgehead atoms. The Morgan fingerprint density at radius 1 is 1.00 bits per heavy atom. The van der Waals surface area contributed by atoms with Crippen LogP contribution in [0.3, 0.4) is 0 Å². The van der Waals surface area contributed by atoms with Gasteiger partial charge in [-0.1, -0.05) is 0 Å². The van der Waals surface area contributed by atoms with Gasteiger partial charge >= 0.3 is 0 Å². The van der Waals surface area contributed by atoms with Gasteiger partial charge in [0.05, 0.1) is 31.4 Å². The molecule has 0 unspecified atom stereocenters. The highest BCUT2D eigenvalue weighted by molar-refractivity contribution is 7.89. The molecule has 182 valence electrons. The molecular weight excluding hydrogens is 461 g/mol. The number of ether oxygens (including phenoxy) is 2. The number of sulfonamides is 1. The summed E-state index contributed by atoms with van der Waals surface area (Å²) in [6.07, 6.45) is 1.58. The minimum absolute atomic E-state index is 0.0875. The smallest absolute Gasteiger partial charge is 0.240 e. The third kappa shape index (κ3) is 5.35. The van der Waals surface area contributed by atoms with E-state index in [4.69, 9.17) is 13.9 Å². The molecule has 2 aromatic carbocycles. The van der Waals surface area contributed by atoms with Crippen LogP contribution in [0.2, 0.25) is 0 Å². The van der Waals surface area contributed by atoms with Gasteiger partial charge in [-0.3, -0.25) is 4.90 Å². The predicted molar refractivity (Wildman–Crippen MR) is 126 cm³/mol. The standard InChI is InChI=1S/C24H28FN3O5S/c1-31-23-10-9-20(16-24(23)32-2)34(29,30)26-17-21(22-4-3-15-33-22)28-13-11-27(12-14-28)19-7-5-18(25)6-8-19/h3-10,15-16,21,26H,11-14,17H2,1-2H3/t21-/m1/s1. The van der Waals surface area contributed by atoms with Crippen LogP contribution in [0.25, 0.3) is 0 Å². The Morgan fingerprint density at radius 2 is 1.71 bits per heavy atom. The zero-order valence-electron chi connectivity index (χ0n) is 19.1. The number of benzene rings is 2. The highest BCUT2D eigenvalue weighted by Crippen LogP contribution is 2.30. The second kappa shape index (κ2) is 10.5. The fourth-order valence-corrected chi connectivity index (χ4v) is 5.14. The quantitative estimate of drug-likeness (QED) is 0.494. The third-order valence-corrected chi connectivity index (χ3v) is 7.37. The minimum atomic E-state index is -3.80. The number of halogens is 1. The largest absolute Gasteiger partial charge is 0.493 e. The molecule has 4 rings (SSSR count). The molecule has 1 fully saturated rings. The molecule has 0 saturated carbocycles. The first kappa shape index (κ1) is 24.1. The van der Waals surface area contributed by atoms with Gasteiger partial charge in [-0.25, -0.2) is 17.5 Å². The number of hydrogen-bond acceptors (Lipinski definition) is 7. The molecule has 1 N–H and O–H groups in total. The van der Waals surface area contributed by atoms with Gasteiger partial charge < -0.3 is 18.8 Å². The van der Waals surface area contributed by atoms with E-state index in [0.717, 1.165) is 18.8 Å². The molecule has 0 aliphatic carbocycles. The number of nitrogens with one attached hydrogen (secondary N) is 1. The predicted octanol–water partition coefficient (Wildman–Crippen LogP) is 3.28. The minimum Gasteiger partial charge on any atom is -0.493 e. The molecule has 2 heterocycles. The van der Waals surface area contributed by atoms with E-state index in [2.05, 4.69) is 14.5 Å². The van der Waals surface area contributed by atoms with Crippen molar-refractivity contribution in [2.75, 3.05) is 51.8 Å². The summed E-state index contributed by atoms with van der Waals surface area (Å²) in [5, 5.41) is 0. The number of rotatable bonds is 9. The van der Waals surface area contributed by atoms with Crippen molar-refractivity contribution in [2.45, 2.75) is 10.9 Å². The maximum atomic E-state index is 13.3. The summed E-state index contributed by atoms with van der Waals surface area (Å²) in [7, 11) is -0.848. The number of anilines is 1. The van der Waals surface area contributed by atoms with Crippen LogP contribution in [0.4, 0.5) is 10.1 Å². The van der Waals surface area contributed by atoms with E-state index in [1.165, 1.54) is 38.5 Å². The van der Waals surface area contributed by atoms with Gasteiger partial charge in [-0.2, -0.15) is 0 Å². The van der Waals surface area contributed by atoms with Crippen LogP contribution in [0, 0.1) is 5.82 Å². The summed E-state index contributed by atoms with van der Waals surface area (Å²) >= 11 is 0. The number of methoxy groups -OCH3 is 2. The summed E-state index contributed by atoms with van der Waals surface area (Å²) < 4.78 is 58.1. The topological polar surface area (TPSA) is 84.2 Å². The Labute approximate surface area is 198 Å². The van der Waals surface area contributed by atoms with Crippen LogP contribution in [0.1, 0.15) is 11.8 Å². The Morgan fingerprint density at radius 3 is 2.32 bits per heavy atom. The molecule has 1 aromatic heterocycles. The van der Waals surface area contributed by atoms with Crippen LogP contribution < -0.4 is 19.1 Å². The van der Waals surface area contributed by atoms with Gasteiger partial charge in [0.1, 0.15) is 11.6 Å². The summed E-state index contributed by atoms with van der Waals surface area (Å²) in [6, 6.07) is 14.3. The molecule has 1 atom stereocenters. The summed E-state index contributed by atoms with van der Waals surface area (Å²) in [5.74, 6) is 1.21. The Kier molecular flexibility index (Phi) is 7.40. The lowest BCUT2D eigenvalue weighted by molar-refractivity contribution is 0.166. The Balaban J connectivity index is 1.46. The third-order valence-electron chi connectivity index (χ3n) is 5.95. The van der Waals surface area contributed by atoms with Gasteiger partial charge in [0.2, 0.25) is 10.0 Å².